The third-order valence-corrected chi connectivity index (χ3v) is 4.61. The Morgan fingerprint density at radius 1 is 1.35 bits per heavy atom. The van der Waals surface area contributed by atoms with Crippen LogP contribution in [0.5, 0.6) is 0 Å². The first-order valence-corrected chi connectivity index (χ1v) is 6.73. The second-order valence-corrected chi connectivity index (χ2v) is 5.77. The van der Waals surface area contributed by atoms with Crippen LogP contribution in [0.4, 0.5) is 0 Å². The molecule has 0 saturated heterocycles. The third kappa shape index (κ3) is 1.90. The average Bonchev–Trinajstić information content (AvgIpc) is 3.12. The van der Waals surface area contributed by atoms with Crippen LogP contribution in [-0.4, -0.2) is 11.7 Å². The molecule has 1 atom stereocenters. The Morgan fingerprint density at radius 2 is 2.12 bits per heavy atom. The Bertz CT molecular complexity index is 402. The highest BCUT2D eigenvalue weighted by Gasteiger charge is 2.43. The van der Waals surface area contributed by atoms with Crippen LogP contribution in [0.3, 0.4) is 0 Å². The summed E-state index contributed by atoms with van der Waals surface area (Å²) in [4.78, 5) is 0. The van der Waals surface area contributed by atoms with Crippen molar-refractivity contribution in [1.82, 2.24) is 0 Å². The number of hydrogen-bond acceptors (Lipinski definition) is 2. The van der Waals surface area contributed by atoms with Crippen LogP contribution in [0.2, 0.25) is 0 Å². The molecular formula is C15H21NO. The van der Waals surface area contributed by atoms with Crippen molar-refractivity contribution in [2.24, 2.45) is 11.1 Å². The molecule has 2 aliphatic rings. The Balaban J connectivity index is 1.84. The van der Waals surface area contributed by atoms with Gasteiger partial charge >= 0.3 is 0 Å². The van der Waals surface area contributed by atoms with Gasteiger partial charge in [-0.05, 0) is 42.7 Å². The van der Waals surface area contributed by atoms with E-state index in [4.69, 9.17) is 5.73 Å². The summed E-state index contributed by atoms with van der Waals surface area (Å²) in [6.07, 6.45) is 5.58. The molecule has 3 N–H and O–H groups in total. The smallest absolute Gasteiger partial charge is 0.0858 e. The monoisotopic (exact) mass is 231 g/mol. The number of aliphatic hydroxyl groups excluding tert-OH is 1. The first-order valence-electron chi connectivity index (χ1n) is 6.73. The average molecular weight is 231 g/mol. The summed E-state index contributed by atoms with van der Waals surface area (Å²) in [6, 6.07) is 8.50. The van der Waals surface area contributed by atoms with E-state index in [0.717, 1.165) is 24.3 Å². The van der Waals surface area contributed by atoms with E-state index in [1.165, 1.54) is 24.8 Å². The second-order valence-electron chi connectivity index (χ2n) is 5.77. The van der Waals surface area contributed by atoms with Crippen molar-refractivity contribution < 1.29 is 5.11 Å². The maximum absolute atomic E-state index is 10.5. The minimum absolute atomic E-state index is 0.0395. The first kappa shape index (κ1) is 11.2. The van der Waals surface area contributed by atoms with E-state index in [0.29, 0.717) is 6.54 Å². The van der Waals surface area contributed by atoms with Gasteiger partial charge in [-0.25, -0.2) is 0 Å². The molecule has 1 aromatic carbocycles. The van der Waals surface area contributed by atoms with Crippen molar-refractivity contribution in [2.45, 2.75) is 44.1 Å². The molecule has 2 aliphatic carbocycles. The van der Waals surface area contributed by atoms with Crippen LogP contribution in [0.15, 0.2) is 24.3 Å². The largest absolute Gasteiger partial charge is 0.388 e. The van der Waals surface area contributed by atoms with Crippen LogP contribution in [0.1, 0.15) is 55.3 Å². The van der Waals surface area contributed by atoms with Gasteiger partial charge in [0, 0.05) is 12.0 Å². The summed E-state index contributed by atoms with van der Waals surface area (Å²) >= 11 is 0. The van der Waals surface area contributed by atoms with Crippen LogP contribution in [0.25, 0.3) is 0 Å². The van der Waals surface area contributed by atoms with Crippen LogP contribution < -0.4 is 5.73 Å². The molecule has 92 valence electrons. The fraction of sp³-hybridized carbons (Fsp3) is 0.600. The van der Waals surface area contributed by atoms with E-state index in [1.54, 1.807) is 0 Å². The van der Waals surface area contributed by atoms with Crippen LogP contribution >= 0.6 is 0 Å². The van der Waals surface area contributed by atoms with Crippen molar-refractivity contribution in [3.63, 3.8) is 0 Å². The highest BCUT2D eigenvalue weighted by Crippen LogP contribution is 2.50. The molecular weight excluding hydrogens is 210 g/mol. The molecule has 0 bridgehead atoms. The lowest BCUT2D eigenvalue weighted by Crippen LogP contribution is -2.42. The van der Waals surface area contributed by atoms with E-state index in [-0.39, 0.29) is 11.5 Å². The van der Waals surface area contributed by atoms with Gasteiger partial charge < -0.3 is 10.8 Å². The number of rotatable bonds is 4. The summed E-state index contributed by atoms with van der Waals surface area (Å²) in [5.41, 5.74) is 8.28. The van der Waals surface area contributed by atoms with E-state index in [2.05, 4.69) is 18.2 Å². The van der Waals surface area contributed by atoms with Gasteiger partial charge in [0.1, 0.15) is 0 Å². The van der Waals surface area contributed by atoms with Gasteiger partial charge in [-0.1, -0.05) is 30.7 Å². The molecule has 0 heterocycles. The van der Waals surface area contributed by atoms with Crippen molar-refractivity contribution in [3.05, 3.63) is 35.4 Å². The maximum Gasteiger partial charge on any atom is 0.0858 e. The van der Waals surface area contributed by atoms with Gasteiger partial charge in [-0.3, -0.25) is 0 Å². The van der Waals surface area contributed by atoms with Gasteiger partial charge in [0.25, 0.3) is 0 Å². The predicted molar refractivity (Wildman–Crippen MR) is 68.7 cm³/mol. The van der Waals surface area contributed by atoms with Gasteiger partial charge in [-0.2, -0.15) is 0 Å². The minimum Gasteiger partial charge on any atom is -0.388 e. The molecule has 0 amide bonds. The Kier molecular flexibility index (Phi) is 2.72. The fourth-order valence-corrected chi connectivity index (χ4v) is 2.97. The zero-order valence-corrected chi connectivity index (χ0v) is 10.2. The lowest BCUT2D eigenvalue weighted by molar-refractivity contribution is -0.0297. The van der Waals surface area contributed by atoms with E-state index < -0.39 is 0 Å². The van der Waals surface area contributed by atoms with E-state index in [9.17, 15) is 5.11 Å². The summed E-state index contributed by atoms with van der Waals surface area (Å²) in [5, 5.41) is 10.5. The lowest BCUT2D eigenvalue weighted by Gasteiger charge is -2.45. The molecule has 0 radical (unpaired) electrons. The molecule has 1 unspecified atom stereocenters. The summed E-state index contributed by atoms with van der Waals surface area (Å²) in [7, 11) is 0. The van der Waals surface area contributed by atoms with Gasteiger partial charge in [0.2, 0.25) is 0 Å². The molecule has 2 heteroatoms. The fourth-order valence-electron chi connectivity index (χ4n) is 2.97. The first-order chi connectivity index (χ1) is 8.25. The summed E-state index contributed by atoms with van der Waals surface area (Å²) < 4.78 is 0. The SMILES string of the molecule is NCC1(C(O)c2cccc(C3CC3)c2)CCC1. The van der Waals surface area contributed by atoms with Gasteiger partial charge in [0.15, 0.2) is 0 Å². The third-order valence-electron chi connectivity index (χ3n) is 4.61. The molecule has 0 spiro atoms. The quantitative estimate of drug-likeness (QED) is 0.837. The number of aliphatic hydroxyl groups is 1. The number of benzene rings is 1. The standard InChI is InChI=1S/C15H21NO/c16-10-15(7-2-8-15)14(17)13-4-1-3-12(9-13)11-5-6-11/h1,3-4,9,11,14,17H,2,5-8,10,16H2. The number of nitrogens with two attached hydrogens (primary N) is 1. The van der Waals surface area contributed by atoms with E-state index in [1.807, 2.05) is 6.07 Å². The molecule has 3 rings (SSSR count). The highest BCUT2D eigenvalue weighted by atomic mass is 16.3. The minimum atomic E-state index is -0.375. The Hall–Kier alpha value is -0.860. The zero-order chi connectivity index (χ0) is 11.9. The van der Waals surface area contributed by atoms with Crippen LogP contribution in [-0.2, 0) is 0 Å². The number of hydrogen-bond donors (Lipinski definition) is 2. The maximum atomic E-state index is 10.5. The van der Waals surface area contributed by atoms with Crippen molar-refractivity contribution in [3.8, 4) is 0 Å². The summed E-state index contributed by atoms with van der Waals surface area (Å²) in [5.74, 6) is 0.748. The molecule has 1 aromatic rings. The van der Waals surface area contributed by atoms with Crippen molar-refractivity contribution in [2.75, 3.05) is 6.54 Å². The molecule has 0 aliphatic heterocycles. The van der Waals surface area contributed by atoms with Crippen molar-refractivity contribution >= 4 is 0 Å². The normalized spacial score (nSPS) is 24.1. The highest BCUT2D eigenvalue weighted by molar-refractivity contribution is 5.31. The van der Waals surface area contributed by atoms with Crippen molar-refractivity contribution in [1.29, 1.82) is 0 Å². The molecule has 2 nitrogen and oxygen atoms in total. The van der Waals surface area contributed by atoms with Gasteiger partial charge in [-0.15, -0.1) is 0 Å². The second kappa shape index (κ2) is 4.11. The van der Waals surface area contributed by atoms with Crippen LogP contribution in [0, 0.1) is 5.41 Å². The molecule has 2 fully saturated rings. The molecule has 0 aromatic heterocycles. The lowest BCUT2D eigenvalue weighted by atomic mass is 9.63. The molecule has 17 heavy (non-hydrogen) atoms. The topological polar surface area (TPSA) is 46.2 Å². The zero-order valence-electron chi connectivity index (χ0n) is 10.2. The molecule has 2 saturated carbocycles. The van der Waals surface area contributed by atoms with Gasteiger partial charge in [0.05, 0.1) is 6.10 Å². The summed E-state index contributed by atoms with van der Waals surface area (Å²) in [6.45, 7) is 0.599. The van der Waals surface area contributed by atoms with E-state index >= 15 is 0 Å². The predicted octanol–water partition coefficient (Wildman–Crippen LogP) is 2.73. The Labute approximate surface area is 103 Å². The Morgan fingerprint density at radius 3 is 2.65 bits per heavy atom.